The lowest BCUT2D eigenvalue weighted by Crippen LogP contribution is -2.50. The lowest BCUT2D eigenvalue weighted by atomic mass is 9.72. The molecule has 8 nitrogen and oxygen atoms in total. The minimum atomic E-state index is -0.858. The second-order valence-corrected chi connectivity index (χ2v) is 7.10. The van der Waals surface area contributed by atoms with E-state index < -0.39 is 23.6 Å². The molecule has 1 saturated carbocycles. The molecule has 27 heavy (non-hydrogen) atoms. The molecule has 1 aliphatic carbocycles. The van der Waals surface area contributed by atoms with Crippen LogP contribution in [0.3, 0.4) is 0 Å². The minimum absolute atomic E-state index is 0.0102. The number of H-pyrrole nitrogens is 1. The summed E-state index contributed by atoms with van der Waals surface area (Å²) in [7, 11) is 0. The molecule has 2 heterocycles. The van der Waals surface area contributed by atoms with Crippen molar-refractivity contribution in [1.82, 2.24) is 25.9 Å². The number of hydrogen-bond acceptors (Lipinski definition) is 6. The number of tetrazole rings is 1. The largest absolute Gasteiger partial charge is 0.489 e. The maximum Gasteiger partial charge on any atom is 0.320 e. The van der Waals surface area contributed by atoms with Crippen LogP contribution in [0, 0.1) is 23.5 Å². The standard InChI is InChI=1S/C17H19F2N5O3/c18-10-5-12(19)15(16-21-23-24-22-16)14(6-10)27-11-2-1-8-7-20-13(17(25)26)4-9(8)3-11/h5-6,8-9,11,13,20H,1-4,7H2,(H,25,26)(H,21,22,23,24)/t8-,9+,11-,13-/m0/s1. The molecule has 4 rings (SSSR count). The van der Waals surface area contributed by atoms with Gasteiger partial charge in [0.15, 0.2) is 0 Å². The molecule has 0 spiro atoms. The average molecular weight is 379 g/mol. The van der Waals surface area contributed by atoms with E-state index in [1.165, 1.54) is 0 Å². The first-order chi connectivity index (χ1) is 13.0. The van der Waals surface area contributed by atoms with Gasteiger partial charge in [-0.2, -0.15) is 5.21 Å². The van der Waals surface area contributed by atoms with Crippen LogP contribution in [-0.2, 0) is 4.79 Å². The monoisotopic (exact) mass is 379 g/mol. The number of fused-ring (bicyclic) bond motifs is 1. The number of piperidine rings is 1. The van der Waals surface area contributed by atoms with Crippen LogP contribution >= 0.6 is 0 Å². The van der Waals surface area contributed by atoms with Gasteiger partial charge in [-0.3, -0.25) is 4.79 Å². The number of nitrogens with one attached hydrogen (secondary N) is 2. The van der Waals surface area contributed by atoms with Gasteiger partial charge < -0.3 is 15.2 Å². The summed E-state index contributed by atoms with van der Waals surface area (Å²) in [5, 5.41) is 25.5. The maximum absolute atomic E-state index is 14.3. The van der Waals surface area contributed by atoms with E-state index in [1.807, 2.05) is 0 Å². The molecule has 2 fully saturated rings. The van der Waals surface area contributed by atoms with Gasteiger partial charge in [-0.1, -0.05) is 0 Å². The number of rotatable bonds is 4. The number of aromatic nitrogens is 4. The molecule has 4 atom stereocenters. The Labute approximate surface area is 153 Å². The summed E-state index contributed by atoms with van der Waals surface area (Å²) in [5.74, 6) is -1.84. The van der Waals surface area contributed by atoms with Crippen molar-refractivity contribution >= 4 is 5.97 Å². The van der Waals surface area contributed by atoms with Crippen molar-refractivity contribution in [2.24, 2.45) is 11.8 Å². The normalized spacial score (nSPS) is 27.8. The van der Waals surface area contributed by atoms with E-state index in [9.17, 15) is 18.7 Å². The third-order valence-corrected chi connectivity index (χ3v) is 5.44. The van der Waals surface area contributed by atoms with Crippen molar-refractivity contribution < 1.29 is 23.4 Å². The topological polar surface area (TPSA) is 113 Å². The van der Waals surface area contributed by atoms with E-state index in [4.69, 9.17) is 4.74 Å². The minimum Gasteiger partial charge on any atom is -0.489 e. The zero-order valence-corrected chi connectivity index (χ0v) is 14.4. The zero-order chi connectivity index (χ0) is 19.0. The number of ether oxygens (including phenoxy) is 1. The lowest BCUT2D eigenvalue weighted by Gasteiger charge is -2.41. The van der Waals surface area contributed by atoms with Crippen LogP contribution < -0.4 is 10.1 Å². The zero-order valence-electron chi connectivity index (χ0n) is 14.4. The van der Waals surface area contributed by atoms with E-state index >= 15 is 0 Å². The van der Waals surface area contributed by atoms with Crippen molar-refractivity contribution in [2.75, 3.05) is 6.54 Å². The Morgan fingerprint density at radius 2 is 2.07 bits per heavy atom. The first-order valence-electron chi connectivity index (χ1n) is 8.87. The van der Waals surface area contributed by atoms with Crippen LogP contribution in [0.1, 0.15) is 25.7 Å². The van der Waals surface area contributed by atoms with Gasteiger partial charge in [0.1, 0.15) is 29.0 Å². The Morgan fingerprint density at radius 1 is 1.22 bits per heavy atom. The number of carboxylic acids is 1. The van der Waals surface area contributed by atoms with E-state index in [0.717, 1.165) is 25.0 Å². The summed E-state index contributed by atoms with van der Waals surface area (Å²) < 4.78 is 34.0. The molecule has 2 aliphatic rings. The molecule has 1 saturated heterocycles. The highest BCUT2D eigenvalue weighted by Gasteiger charge is 2.38. The highest BCUT2D eigenvalue weighted by molar-refractivity contribution is 5.73. The van der Waals surface area contributed by atoms with Gasteiger partial charge in [-0.25, -0.2) is 8.78 Å². The Morgan fingerprint density at radius 3 is 2.81 bits per heavy atom. The van der Waals surface area contributed by atoms with E-state index in [-0.39, 0.29) is 29.2 Å². The molecule has 3 N–H and O–H groups in total. The van der Waals surface area contributed by atoms with Crippen molar-refractivity contribution in [3.05, 3.63) is 23.8 Å². The Balaban J connectivity index is 1.54. The molecule has 1 aliphatic heterocycles. The Kier molecular flexibility index (Phi) is 4.73. The molecular weight excluding hydrogens is 360 g/mol. The fourth-order valence-corrected chi connectivity index (χ4v) is 4.12. The Bertz CT molecular complexity index is 832. The second kappa shape index (κ2) is 7.18. The smallest absolute Gasteiger partial charge is 0.320 e. The second-order valence-electron chi connectivity index (χ2n) is 7.10. The summed E-state index contributed by atoms with van der Waals surface area (Å²) >= 11 is 0. The highest BCUT2D eigenvalue weighted by atomic mass is 19.1. The quantitative estimate of drug-likeness (QED) is 0.742. The molecular formula is C17H19F2N5O3. The fraction of sp³-hybridized carbons (Fsp3) is 0.529. The molecule has 10 heteroatoms. The van der Waals surface area contributed by atoms with Crippen molar-refractivity contribution in [3.63, 3.8) is 0 Å². The molecule has 0 unspecified atom stereocenters. The molecule has 1 aromatic carbocycles. The summed E-state index contributed by atoms with van der Waals surface area (Å²) in [6.07, 6.45) is 2.49. The van der Waals surface area contributed by atoms with Crippen LogP contribution in [0.5, 0.6) is 5.75 Å². The van der Waals surface area contributed by atoms with Crippen molar-refractivity contribution in [1.29, 1.82) is 0 Å². The number of aromatic amines is 1. The first-order valence-corrected chi connectivity index (χ1v) is 8.87. The summed E-state index contributed by atoms with van der Waals surface area (Å²) in [4.78, 5) is 11.3. The van der Waals surface area contributed by atoms with Crippen LogP contribution in [0.4, 0.5) is 8.78 Å². The SMILES string of the molecule is O=C(O)[C@@H]1C[C@H]2C[C@@H](Oc3cc(F)cc(F)c3-c3nn[nH]n3)CC[C@H]2CN1. The summed E-state index contributed by atoms with van der Waals surface area (Å²) in [5.41, 5.74) is -0.0407. The molecule has 0 amide bonds. The van der Waals surface area contributed by atoms with Crippen molar-refractivity contribution in [2.45, 2.75) is 37.8 Å². The van der Waals surface area contributed by atoms with E-state index in [0.29, 0.717) is 25.3 Å². The van der Waals surface area contributed by atoms with Gasteiger partial charge in [0.05, 0.1) is 6.10 Å². The fourth-order valence-electron chi connectivity index (χ4n) is 4.12. The third kappa shape index (κ3) is 3.61. The van der Waals surface area contributed by atoms with Crippen LogP contribution in [-0.4, -0.2) is 50.4 Å². The van der Waals surface area contributed by atoms with Gasteiger partial charge in [-0.05, 0) is 49.3 Å². The van der Waals surface area contributed by atoms with Crippen LogP contribution in [0.2, 0.25) is 0 Å². The molecule has 0 bridgehead atoms. The Hall–Kier alpha value is -2.62. The molecule has 144 valence electrons. The number of carbonyl (C=O) groups is 1. The first kappa shape index (κ1) is 17.8. The van der Waals surface area contributed by atoms with Crippen LogP contribution in [0.15, 0.2) is 12.1 Å². The van der Waals surface area contributed by atoms with Gasteiger partial charge in [0.25, 0.3) is 0 Å². The predicted molar refractivity (Wildman–Crippen MR) is 88.8 cm³/mol. The highest BCUT2D eigenvalue weighted by Crippen LogP contribution is 2.39. The molecule has 0 radical (unpaired) electrons. The number of benzene rings is 1. The van der Waals surface area contributed by atoms with Gasteiger partial charge in [-0.15, -0.1) is 10.2 Å². The van der Waals surface area contributed by atoms with E-state index in [2.05, 4.69) is 25.9 Å². The lowest BCUT2D eigenvalue weighted by molar-refractivity contribution is -0.141. The predicted octanol–water partition coefficient (Wildman–Crippen LogP) is 1.76. The number of aliphatic carboxylic acids is 1. The number of nitrogens with zero attached hydrogens (tertiary/aromatic N) is 3. The van der Waals surface area contributed by atoms with Gasteiger partial charge in [0.2, 0.25) is 5.82 Å². The molecule has 1 aromatic heterocycles. The van der Waals surface area contributed by atoms with Crippen molar-refractivity contribution in [3.8, 4) is 17.1 Å². The number of carboxylic acid groups (broad SMARTS) is 1. The number of halogens is 2. The summed E-state index contributed by atoms with van der Waals surface area (Å²) in [6.45, 7) is 0.664. The van der Waals surface area contributed by atoms with Gasteiger partial charge in [0, 0.05) is 12.1 Å². The maximum atomic E-state index is 14.3. The van der Waals surface area contributed by atoms with Gasteiger partial charge >= 0.3 is 5.97 Å². The molecule has 2 aromatic rings. The summed E-state index contributed by atoms with van der Waals surface area (Å²) in [6, 6.07) is 1.30. The number of hydrogen-bond donors (Lipinski definition) is 3. The van der Waals surface area contributed by atoms with Crippen LogP contribution in [0.25, 0.3) is 11.4 Å². The van der Waals surface area contributed by atoms with E-state index in [1.54, 1.807) is 0 Å². The average Bonchev–Trinajstić information content (AvgIpc) is 3.14. The third-order valence-electron chi connectivity index (χ3n) is 5.44.